The number of thiophene rings is 1. The minimum Gasteiger partial charge on any atom is -0.454 e. The average Bonchev–Trinajstić information content (AvgIpc) is 3.00. The van der Waals surface area contributed by atoms with Crippen LogP contribution in [0.15, 0.2) is 23.0 Å². The molecule has 134 valence electrons. The van der Waals surface area contributed by atoms with Gasteiger partial charge in [-0.25, -0.2) is 9.78 Å². The summed E-state index contributed by atoms with van der Waals surface area (Å²) in [6, 6.07) is 4.50. The number of hydrogen-bond acceptors (Lipinski definition) is 5. The van der Waals surface area contributed by atoms with E-state index in [0.717, 1.165) is 31.2 Å². The van der Waals surface area contributed by atoms with Gasteiger partial charge in [0.2, 0.25) is 0 Å². The van der Waals surface area contributed by atoms with Crippen molar-refractivity contribution in [1.29, 1.82) is 0 Å². The third-order valence-electron chi connectivity index (χ3n) is 4.37. The molecule has 1 aliphatic rings. The number of fused-ring (bicyclic) bond motifs is 3. The lowest BCUT2D eigenvalue weighted by Crippen LogP contribution is -2.15. The molecule has 1 N–H and O–H groups in total. The number of esters is 1. The van der Waals surface area contributed by atoms with E-state index in [4.69, 9.17) is 27.9 Å². The van der Waals surface area contributed by atoms with Gasteiger partial charge in [0, 0.05) is 4.88 Å². The molecule has 0 saturated carbocycles. The van der Waals surface area contributed by atoms with E-state index in [2.05, 4.69) is 9.97 Å². The molecule has 0 radical (unpaired) electrons. The molecular formula is C18H14Cl2N2O3S. The summed E-state index contributed by atoms with van der Waals surface area (Å²) in [5.41, 5.74) is 1.24. The standard InChI is InChI=1S/C18H14Cl2N2O3S/c19-11-6-5-9(7-12(11)20)18(24)25-8-14-21-16(23)15-10-3-1-2-4-13(10)26-17(15)22-14/h5-7H,1-4,8H2,(H,21,22,23). The van der Waals surface area contributed by atoms with Gasteiger partial charge in [-0.1, -0.05) is 23.2 Å². The van der Waals surface area contributed by atoms with Crippen molar-refractivity contribution >= 4 is 50.7 Å². The van der Waals surface area contributed by atoms with E-state index in [-0.39, 0.29) is 22.8 Å². The molecule has 5 nitrogen and oxygen atoms in total. The van der Waals surface area contributed by atoms with E-state index in [1.807, 2.05) is 0 Å². The van der Waals surface area contributed by atoms with Crippen molar-refractivity contribution in [3.8, 4) is 0 Å². The zero-order chi connectivity index (χ0) is 18.3. The zero-order valence-corrected chi connectivity index (χ0v) is 15.9. The second kappa shape index (κ2) is 7.02. The Bertz CT molecular complexity index is 1070. The number of carbonyl (C=O) groups is 1. The maximum Gasteiger partial charge on any atom is 0.338 e. The minimum absolute atomic E-state index is 0.118. The van der Waals surface area contributed by atoms with Crippen molar-refractivity contribution in [1.82, 2.24) is 9.97 Å². The van der Waals surface area contributed by atoms with Gasteiger partial charge < -0.3 is 9.72 Å². The third kappa shape index (κ3) is 3.24. The number of aryl methyl sites for hydroxylation is 2. The number of hydrogen-bond donors (Lipinski definition) is 1. The van der Waals surface area contributed by atoms with Crippen molar-refractivity contribution in [2.24, 2.45) is 0 Å². The first-order valence-corrected chi connectivity index (χ1v) is 9.76. The van der Waals surface area contributed by atoms with Gasteiger partial charge in [0.15, 0.2) is 0 Å². The monoisotopic (exact) mass is 408 g/mol. The minimum atomic E-state index is -0.559. The smallest absolute Gasteiger partial charge is 0.338 e. The molecule has 3 aromatic rings. The molecule has 2 heterocycles. The topological polar surface area (TPSA) is 72.0 Å². The summed E-state index contributed by atoms with van der Waals surface area (Å²) in [5.74, 6) is -0.230. The molecule has 0 bridgehead atoms. The summed E-state index contributed by atoms with van der Waals surface area (Å²) in [7, 11) is 0. The summed E-state index contributed by atoms with van der Waals surface area (Å²) >= 11 is 13.3. The lowest BCUT2D eigenvalue weighted by molar-refractivity contribution is 0.0462. The highest BCUT2D eigenvalue weighted by Gasteiger charge is 2.20. The van der Waals surface area contributed by atoms with Crippen molar-refractivity contribution < 1.29 is 9.53 Å². The van der Waals surface area contributed by atoms with Gasteiger partial charge in [-0.15, -0.1) is 11.3 Å². The fraction of sp³-hybridized carbons (Fsp3) is 0.278. The molecule has 0 spiro atoms. The predicted octanol–water partition coefficient (Wildman–Crippen LogP) is 4.53. The Kier molecular flexibility index (Phi) is 4.73. The zero-order valence-electron chi connectivity index (χ0n) is 13.6. The molecule has 26 heavy (non-hydrogen) atoms. The van der Waals surface area contributed by atoms with Gasteiger partial charge in [0.1, 0.15) is 17.3 Å². The van der Waals surface area contributed by atoms with Crippen LogP contribution in [0, 0.1) is 0 Å². The number of nitrogens with one attached hydrogen (secondary N) is 1. The quantitative estimate of drug-likeness (QED) is 0.646. The van der Waals surface area contributed by atoms with E-state index in [1.54, 1.807) is 11.3 Å². The number of rotatable bonds is 3. The first-order chi connectivity index (χ1) is 12.5. The Hall–Kier alpha value is -1.89. The van der Waals surface area contributed by atoms with Crippen LogP contribution in [0.5, 0.6) is 0 Å². The van der Waals surface area contributed by atoms with Crippen LogP contribution in [0.3, 0.4) is 0 Å². The molecule has 2 aromatic heterocycles. The van der Waals surface area contributed by atoms with E-state index < -0.39 is 5.97 Å². The number of aromatic nitrogens is 2. The third-order valence-corrected chi connectivity index (χ3v) is 6.29. The lowest BCUT2D eigenvalue weighted by Gasteiger charge is -2.09. The summed E-state index contributed by atoms with van der Waals surface area (Å²) in [6.07, 6.45) is 4.16. The first-order valence-electron chi connectivity index (χ1n) is 8.18. The molecule has 0 fully saturated rings. The molecule has 0 aliphatic heterocycles. The van der Waals surface area contributed by atoms with Gasteiger partial charge in [0.05, 0.1) is 21.0 Å². The van der Waals surface area contributed by atoms with Crippen LogP contribution >= 0.6 is 34.5 Å². The molecule has 8 heteroatoms. The Labute approximate surface area is 162 Å². The Morgan fingerprint density at radius 3 is 2.85 bits per heavy atom. The van der Waals surface area contributed by atoms with Crippen LogP contribution in [0.1, 0.15) is 39.5 Å². The highest BCUT2D eigenvalue weighted by Crippen LogP contribution is 2.33. The maximum atomic E-state index is 12.5. The number of H-pyrrole nitrogens is 1. The fourth-order valence-electron chi connectivity index (χ4n) is 3.12. The SMILES string of the molecule is O=C(OCc1nc2sc3c(c2c(=O)[nH]1)CCCC3)c1ccc(Cl)c(Cl)c1. The lowest BCUT2D eigenvalue weighted by atomic mass is 9.97. The Balaban J connectivity index is 1.56. The molecular weight excluding hydrogens is 395 g/mol. The molecule has 1 aliphatic carbocycles. The fourth-order valence-corrected chi connectivity index (χ4v) is 4.70. The van der Waals surface area contributed by atoms with Gasteiger partial charge in [-0.2, -0.15) is 0 Å². The number of carbonyl (C=O) groups excluding carboxylic acids is 1. The van der Waals surface area contributed by atoms with Crippen LogP contribution in [0.4, 0.5) is 0 Å². The second-order valence-corrected chi connectivity index (χ2v) is 8.01. The van der Waals surface area contributed by atoms with Crippen molar-refractivity contribution in [3.63, 3.8) is 0 Å². The summed E-state index contributed by atoms with van der Waals surface area (Å²) in [6.45, 7) is -0.118. The van der Waals surface area contributed by atoms with Gasteiger partial charge >= 0.3 is 5.97 Å². The van der Waals surface area contributed by atoms with Gasteiger partial charge in [-0.05, 0) is 49.4 Å². The molecule has 0 amide bonds. The summed E-state index contributed by atoms with van der Waals surface area (Å²) < 4.78 is 5.25. The van der Waals surface area contributed by atoms with Crippen LogP contribution in [0.25, 0.3) is 10.2 Å². The highest BCUT2D eigenvalue weighted by molar-refractivity contribution is 7.18. The number of ether oxygens (including phenoxy) is 1. The van der Waals surface area contributed by atoms with E-state index in [9.17, 15) is 9.59 Å². The van der Waals surface area contributed by atoms with E-state index >= 15 is 0 Å². The number of aromatic amines is 1. The highest BCUT2D eigenvalue weighted by atomic mass is 35.5. The largest absolute Gasteiger partial charge is 0.454 e. The van der Waals surface area contributed by atoms with Crippen molar-refractivity contribution in [3.05, 3.63) is 60.4 Å². The maximum absolute atomic E-state index is 12.5. The first kappa shape index (κ1) is 17.5. The Morgan fingerprint density at radius 2 is 2.04 bits per heavy atom. The van der Waals surface area contributed by atoms with E-state index in [1.165, 1.54) is 23.1 Å². The normalized spacial score (nSPS) is 13.6. The van der Waals surface area contributed by atoms with Crippen molar-refractivity contribution in [2.75, 3.05) is 0 Å². The molecule has 0 unspecified atom stereocenters. The Morgan fingerprint density at radius 1 is 1.23 bits per heavy atom. The molecule has 4 rings (SSSR count). The van der Waals surface area contributed by atoms with E-state index in [0.29, 0.717) is 21.1 Å². The van der Waals surface area contributed by atoms with Crippen LogP contribution < -0.4 is 5.56 Å². The van der Waals surface area contributed by atoms with Crippen LogP contribution in [-0.4, -0.2) is 15.9 Å². The van der Waals surface area contributed by atoms with Crippen LogP contribution in [-0.2, 0) is 24.2 Å². The number of nitrogens with zero attached hydrogens (tertiary/aromatic N) is 1. The van der Waals surface area contributed by atoms with Gasteiger partial charge in [0.25, 0.3) is 5.56 Å². The van der Waals surface area contributed by atoms with Crippen LogP contribution in [0.2, 0.25) is 10.0 Å². The molecule has 1 aromatic carbocycles. The second-order valence-electron chi connectivity index (χ2n) is 6.11. The van der Waals surface area contributed by atoms with Crippen molar-refractivity contribution in [2.45, 2.75) is 32.3 Å². The number of benzene rings is 1. The molecule has 0 saturated heterocycles. The predicted molar refractivity (Wildman–Crippen MR) is 102 cm³/mol. The average molecular weight is 409 g/mol. The molecule has 0 atom stereocenters. The number of halogens is 2. The summed E-state index contributed by atoms with van der Waals surface area (Å²) in [5, 5.41) is 1.32. The van der Waals surface area contributed by atoms with Gasteiger partial charge in [-0.3, -0.25) is 4.79 Å². The summed E-state index contributed by atoms with van der Waals surface area (Å²) in [4.78, 5) is 33.8.